The van der Waals surface area contributed by atoms with E-state index in [4.69, 9.17) is 4.11 Å². The zero-order chi connectivity index (χ0) is 29.3. The van der Waals surface area contributed by atoms with Crippen molar-refractivity contribution in [3.05, 3.63) is 108 Å². The first kappa shape index (κ1) is 20.9. The predicted octanol–water partition coefficient (Wildman–Crippen LogP) is 10.2. The molecule has 7 rings (SSSR count). The summed E-state index contributed by atoms with van der Waals surface area (Å²) < 4.78 is 29.8. The van der Waals surface area contributed by atoms with Crippen molar-refractivity contribution >= 4 is 53.3 Å². The molecule has 0 saturated heterocycles. The van der Waals surface area contributed by atoms with Gasteiger partial charge < -0.3 is 0 Å². The topological polar surface area (TPSA) is 19.7 Å². The average molecular weight is 529 g/mol. The molecule has 7 aromatic rings. The minimum atomic E-state index is -2.23. The van der Waals surface area contributed by atoms with Gasteiger partial charge in [0.15, 0.2) is 11.0 Å². The molecule has 2 heterocycles. The number of aromatic amines is 1. The van der Waals surface area contributed by atoms with E-state index >= 15 is 0 Å². The number of fused-ring (bicyclic) bond motifs is 5. The molecule has 39 heavy (non-hydrogen) atoms. The van der Waals surface area contributed by atoms with Crippen LogP contribution >= 0.6 is 11.3 Å². The summed E-state index contributed by atoms with van der Waals surface area (Å²) in [7, 11) is 0. The summed E-state index contributed by atoms with van der Waals surface area (Å²) in [6, 6.07) is 31.6. The third-order valence-corrected chi connectivity index (χ3v) is 9.12. The fourth-order valence-corrected chi connectivity index (χ4v) is 7.29. The number of aromatic nitrogens is 2. The molecule has 0 radical (unpaired) electrons. The van der Waals surface area contributed by atoms with Gasteiger partial charge in [-0.25, -0.2) is 4.98 Å². The van der Waals surface area contributed by atoms with Gasteiger partial charge in [-0.3, -0.25) is 0 Å². The molecule has 0 atom stereocenters. The summed E-state index contributed by atoms with van der Waals surface area (Å²) in [5.41, 5.74) is 7.33. The quantitative estimate of drug-likeness (QED) is 0.219. The Hall–Kier alpha value is -3.95. The normalized spacial score (nSPS) is 13.6. The molecular formula is C36H33N2S+. The van der Waals surface area contributed by atoms with Crippen LogP contribution in [0.2, 0.25) is 0 Å². The molecule has 3 heteroatoms. The summed E-state index contributed by atoms with van der Waals surface area (Å²) in [6.45, 7) is 6.76. The third-order valence-electron chi connectivity index (χ3n) is 7.93. The van der Waals surface area contributed by atoms with Crippen LogP contribution in [0.4, 0.5) is 0 Å². The number of rotatable bonds is 4. The molecular weight excluding hydrogens is 492 g/mol. The maximum absolute atomic E-state index is 8.45. The first-order valence-electron chi connectivity index (χ1n) is 15.2. The molecule has 0 aliphatic heterocycles. The Morgan fingerprint density at radius 1 is 0.769 bits per heavy atom. The summed E-state index contributed by atoms with van der Waals surface area (Å²) in [4.78, 5) is 3.77. The minimum Gasteiger partial charge on any atom is -0.236 e. The lowest BCUT2D eigenvalue weighted by atomic mass is 9.92. The van der Waals surface area contributed by atoms with Gasteiger partial charge in [-0.1, -0.05) is 88.4 Å². The highest BCUT2D eigenvalue weighted by Crippen LogP contribution is 2.43. The van der Waals surface area contributed by atoms with Crippen LogP contribution in [-0.4, -0.2) is 4.98 Å². The number of hydrogen-bond acceptors (Lipinski definition) is 1. The number of thiophene rings is 1. The van der Waals surface area contributed by atoms with Gasteiger partial charge in [0.1, 0.15) is 5.69 Å². The molecule has 0 aliphatic rings. The molecule has 192 valence electrons. The maximum atomic E-state index is 8.45. The number of nitrogens with zero attached hydrogens (tertiary/aromatic N) is 1. The first-order chi connectivity index (χ1) is 20.1. The zero-order valence-corrected chi connectivity index (χ0v) is 23.5. The lowest BCUT2D eigenvalue weighted by molar-refractivity contribution is -0.556. The summed E-state index contributed by atoms with van der Waals surface area (Å²) in [6.07, 6.45) is 0. The minimum absolute atomic E-state index is 0.322. The van der Waals surface area contributed by atoms with E-state index in [1.165, 1.54) is 16.8 Å². The molecule has 1 N–H and O–H groups in total. The van der Waals surface area contributed by atoms with Crippen molar-refractivity contribution in [1.29, 1.82) is 0 Å². The fourth-order valence-electron chi connectivity index (χ4n) is 6.02. The predicted molar refractivity (Wildman–Crippen MR) is 169 cm³/mol. The van der Waals surface area contributed by atoms with Crippen LogP contribution in [0, 0.1) is 6.85 Å². The summed E-state index contributed by atoms with van der Waals surface area (Å²) in [5.74, 6) is 1.61. The number of para-hydroxylation sites is 3. The molecule has 0 unspecified atom stereocenters. The standard InChI is InChI=1S/C36H32N2S/c1-21(2)26-13-10-14-27(22(3)4)34(26)38-31-16-9-8-15-30(31)37-36(38)28-18-17-23(5)33-29-19-24-11-6-7-12-25(24)20-32(29)39-35(28)33/h6-22H,1-5H3/p+1/i5D3. The van der Waals surface area contributed by atoms with Crippen LogP contribution in [0.15, 0.2) is 91.0 Å². The number of hydrogen-bond donors (Lipinski definition) is 1. The lowest BCUT2D eigenvalue weighted by Crippen LogP contribution is -2.35. The van der Waals surface area contributed by atoms with Crippen molar-refractivity contribution in [1.82, 2.24) is 4.98 Å². The van der Waals surface area contributed by atoms with Crippen molar-refractivity contribution in [3.8, 4) is 17.1 Å². The van der Waals surface area contributed by atoms with Crippen LogP contribution in [0.5, 0.6) is 0 Å². The van der Waals surface area contributed by atoms with Crippen molar-refractivity contribution in [2.45, 2.75) is 46.4 Å². The van der Waals surface area contributed by atoms with E-state index in [0.717, 1.165) is 53.4 Å². The van der Waals surface area contributed by atoms with E-state index in [0.29, 0.717) is 17.4 Å². The number of nitrogens with one attached hydrogen (secondary N) is 1. The van der Waals surface area contributed by atoms with Gasteiger partial charge in [-0.05, 0) is 65.4 Å². The van der Waals surface area contributed by atoms with E-state index in [1.807, 2.05) is 24.3 Å². The van der Waals surface area contributed by atoms with Gasteiger partial charge in [0, 0.05) is 30.7 Å². The molecule has 0 saturated carbocycles. The highest BCUT2D eigenvalue weighted by Gasteiger charge is 2.29. The Balaban J connectivity index is 1.65. The third kappa shape index (κ3) is 3.71. The van der Waals surface area contributed by atoms with Crippen LogP contribution in [0.3, 0.4) is 0 Å². The number of H-pyrrole nitrogens is 1. The Kier molecular flexibility index (Phi) is 4.87. The molecule has 0 fully saturated rings. The van der Waals surface area contributed by atoms with E-state index < -0.39 is 6.85 Å². The number of imidazole rings is 1. The Bertz CT molecular complexity index is 2120. The van der Waals surface area contributed by atoms with Gasteiger partial charge in [0.2, 0.25) is 0 Å². The van der Waals surface area contributed by atoms with Crippen LogP contribution in [0.25, 0.3) is 59.1 Å². The molecule has 0 aliphatic carbocycles. The van der Waals surface area contributed by atoms with Gasteiger partial charge in [0.05, 0.1) is 10.3 Å². The molecule has 0 bridgehead atoms. The average Bonchev–Trinajstić information content (AvgIpc) is 3.52. The smallest absolute Gasteiger partial charge is 0.236 e. The molecule has 2 nitrogen and oxygen atoms in total. The van der Waals surface area contributed by atoms with Gasteiger partial charge >= 0.3 is 0 Å². The summed E-state index contributed by atoms with van der Waals surface area (Å²) >= 11 is 1.68. The monoisotopic (exact) mass is 528 g/mol. The molecule has 0 spiro atoms. The molecule has 2 aromatic heterocycles. The molecule has 0 amide bonds. The second-order valence-corrected chi connectivity index (χ2v) is 12.1. The van der Waals surface area contributed by atoms with Crippen molar-refractivity contribution < 1.29 is 8.68 Å². The molecule has 5 aromatic carbocycles. The zero-order valence-electron chi connectivity index (χ0n) is 25.7. The van der Waals surface area contributed by atoms with Crippen molar-refractivity contribution in [2.24, 2.45) is 0 Å². The van der Waals surface area contributed by atoms with E-state index in [9.17, 15) is 0 Å². The number of benzene rings is 5. The highest BCUT2D eigenvalue weighted by molar-refractivity contribution is 7.26. The highest BCUT2D eigenvalue weighted by atomic mass is 32.1. The van der Waals surface area contributed by atoms with Gasteiger partial charge in [-0.15, -0.1) is 11.3 Å². The fraction of sp³-hybridized carbons (Fsp3) is 0.194. The van der Waals surface area contributed by atoms with Crippen LogP contribution in [0.1, 0.15) is 60.3 Å². The second-order valence-electron chi connectivity index (χ2n) is 11.1. The van der Waals surface area contributed by atoms with Crippen molar-refractivity contribution in [3.63, 3.8) is 0 Å². The largest absolute Gasteiger partial charge is 0.294 e. The van der Waals surface area contributed by atoms with Crippen LogP contribution < -0.4 is 4.57 Å². The van der Waals surface area contributed by atoms with E-state index in [2.05, 4.69) is 104 Å². The number of aryl methyl sites for hydroxylation is 1. The Morgan fingerprint density at radius 2 is 1.46 bits per heavy atom. The van der Waals surface area contributed by atoms with Crippen LogP contribution in [-0.2, 0) is 0 Å². The first-order valence-corrected chi connectivity index (χ1v) is 14.5. The second kappa shape index (κ2) is 9.07. The van der Waals surface area contributed by atoms with Gasteiger partial charge in [-0.2, -0.15) is 4.57 Å². The maximum Gasteiger partial charge on any atom is 0.294 e. The van der Waals surface area contributed by atoms with Crippen molar-refractivity contribution in [2.75, 3.05) is 0 Å². The lowest BCUT2D eigenvalue weighted by Gasteiger charge is -2.18. The Morgan fingerprint density at radius 3 is 2.18 bits per heavy atom. The SMILES string of the molecule is [2H]C([2H])([2H])c1ccc(-c2[nH]c3ccccc3[n+]2-c2c(C(C)C)cccc2C(C)C)c2sc3cc4ccccc4cc3c12. The van der Waals surface area contributed by atoms with Gasteiger partial charge in [0.25, 0.3) is 5.82 Å². The summed E-state index contributed by atoms with van der Waals surface area (Å²) in [5, 5.41) is 4.08. The van der Waals surface area contributed by atoms with E-state index in [-0.39, 0.29) is 0 Å². The Labute approximate surface area is 237 Å². The van der Waals surface area contributed by atoms with E-state index in [1.54, 1.807) is 11.3 Å².